The lowest BCUT2D eigenvalue weighted by atomic mass is 9.99. The molecule has 2 rings (SSSR count). The number of hydrogen-bond donors (Lipinski definition) is 0. The summed E-state index contributed by atoms with van der Waals surface area (Å²) in [6.45, 7) is 5.97. The maximum Gasteiger partial charge on any atom is 0.255 e. The normalized spacial score (nSPS) is 11.8. The van der Waals surface area contributed by atoms with Crippen LogP contribution >= 0.6 is 27.5 Å². The first-order valence-electron chi connectivity index (χ1n) is 6.84. The minimum Gasteiger partial charge on any atom is -0.331 e. The van der Waals surface area contributed by atoms with Crippen molar-refractivity contribution in [2.75, 3.05) is 7.05 Å². The first-order chi connectivity index (χ1) is 10.4. The van der Waals surface area contributed by atoms with Crippen molar-refractivity contribution in [3.05, 3.63) is 81.3 Å². The highest BCUT2D eigenvalue weighted by atomic mass is 79.9. The van der Waals surface area contributed by atoms with Gasteiger partial charge in [0.25, 0.3) is 5.91 Å². The molecule has 1 amide bonds. The molecular weight excluding hydrogens is 362 g/mol. The average molecular weight is 379 g/mol. The van der Waals surface area contributed by atoms with Gasteiger partial charge < -0.3 is 4.90 Å². The topological polar surface area (TPSA) is 20.3 Å². The highest BCUT2D eigenvalue weighted by molar-refractivity contribution is 9.10. The first kappa shape index (κ1) is 16.8. The van der Waals surface area contributed by atoms with E-state index in [0.29, 0.717) is 15.1 Å². The molecule has 0 aliphatic heterocycles. The summed E-state index contributed by atoms with van der Waals surface area (Å²) in [4.78, 5) is 14.5. The van der Waals surface area contributed by atoms with Crippen molar-refractivity contribution in [2.45, 2.75) is 13.0 Å². The molecule has 0 aliphatic carbocycles. The summed E-state index contributed by atoms with van der Waals surface area (Å²) in [5.41, 5.74) is 2.53. The number of hydrogen-bond acceptors (Lipinski definition) is 1. The van der Waals surface area contributed by atoms with Crippen molar-refractivity contribution in [3.63, 3.8) is 0 Å². The molecule has 0 aliphatic rings. The van der Waals surface area contributed by atoms with Crippen molar-refractivity contribution >= 4 is 33.4 Å². The monoisotopic (exact) mass is 377 g/mol. The second-order valence-corrected chi connectivity index (χ2v) is 6.49. The molecule has 0 spiro atoms. The van der Waals surface area contributed by atoms with E-state index in [4.69, 9.17) is 11.6 Å². The predicted molar refractivity (Wildman–Crippen MR) is 95.2 cm³/mol. The van der Waals surface area contributed by atoms with Crippen LogP contribution in [-0.4, -0.2) is 17.9 Å². The number of amides is 1. The number of likely N-dealkylation sites (N-methyl/N-ethyl adjacent to an activating group) is 1. The number of rotatable bonds is 4. The third kappa shape index (κ3) is 3.60. The first-order valence-corrected chi connectivity index (χ1v) is 8.01. The Morgan fingerprint density at radius 3 is 2.41 bits per heavy atom. The second-order valence-electron chi connectivity index (χ2n) is 5.20. The van der Waals surface area contributed by atoms with E-state index in [9.17, 15) is 4.79 Å². The Balaban J connectivity index is 2.37. The van der Waals surface area contributed by atoms with E-state index in [2.05, 4.69) is 22.5 Å². The Hall–Kier alpha value is -1.58. The molecule has 1 atom stereocenters. The summed E-state index contributed by atoms with van der Waals surface area (Å²) < 4.78 is 0.686. The lowest BCUT2D eigenvalue weighted by Crippen LogP contribution is -2.32. The van der Waals surface area contributed by atoms with Gasteiger partial charge in [-0.15, -0.1) is 0 Å². The Bertz CT molecular complexity index is 699. The highest BCUT2D eigenvalue weighted by Crippen LogP contribution is 2.29. The predicted octanol–water partition coefficient (Wildman–Crippen LogP) is 5.49. The van der Waals surface area contributed by atoms with Crippen molar-refractivity contribution in [2.24, 2.45) is 0 Å². The minimum absolute atomic E-state index is 0.0830. The molecule has 0 unspecified atom stereocenters. The molecule has 0 bridgehead atoms. The number of carbonyl (C=O) groups excluding carboxylic acids is 1. The smallest absolute Gasteiger partial charge is 0.255 e. The van der Waals surface area contributed by atoms with Crippen molar-refractivity contribution in [3.8, 4) is 0 Å². The van der Waals surface area contributed by atoms with Crippen LogP contribution in [0.2, 0.25) is 5.02 Å². The van der Waals surface area contributed by atoms with E-state index in [1.807, 2.05) is 37.3 Å². The maximum absolute atomic E-state index is 12.8. The van der Waals surface area contributed by atoms with E-state index in [0.717, 1.165) is 11.1 Å². The molecule has 4 heteroatoms. The molecule has 0 N–H and O–H groups in total. The molecule has 0 aromatic heterocycles. The Labute approximate surface area is 144 Å². The zero-order valence-corrected chi connectivity index (χ0v) is 14.9. The van der Waals surface area contributed by atoms with Gasteiger partial charge in [0.1, 0.15) is 0 Å². The summed E-state index contributed by atoms with van der Waals surface area (Å²) in [5.74, 6) is -0.0830. The maximum atomic E-state index is 12.8. The van der Waals surface area contributed by atoms with E-state index >= 15 is 0 Å². The zero-order valence-electron chi connectivity index (χ0n) is 12.5. The molecule has 2 aromatic rings. The van der Waals surface area contributed by atoms with Gasteiger partial charge in [0.15, 0.2) is 0 Å². The number of benzene rings is 2. The number of carbonyl (C=O) groups is 1. The van der Waals surface area contributed by atoms with Crippen LogP contribution in [0.4, 0.5) is 0 Å². The van der Waals surface area contributed by atoms with Crippen molar-refractivity contribution < 1.29 is 4.79 Å². The fourth-order valence-electron chi connectivity index (χ4n) is 2.44. The molecule has 0 heterocycles. The number of nitrogens with zero attached hydrogens (tertiary/aromatic N) is 1. The van der Waals surface area contributed by atoms with Gasteiger partial charge in [0, 0.05) is 16.5 Å². The van der Waals surface area contributed by atoms with Gasteiger partial charge in [-0.3, -0.25) is 4.79 Å². The lowest BCUT2D eigenvalue weighted by Gasteiger charge is -2.29. The van der Waals surface area contributed by atoms with Crippen molar-refractivity contribution in [1.82, 2.24) is 4.90 Å². The van der Waals surface area contributed by atoms with E-state index in [-0.39, 0.29) is 11.9 Å². The Morgan fingerprint density at radius 1 is 1.23 bits per heavy atom. The van der Waals surface area contributed by atoms with Crippen molar-refractivity contribution in [1.29, 1.82) is 0 Å². The van der Waals surface area contributed by atoms with Gasteiger partial charge in [0.2, 0.25) is 0 Å². The van der Waals surface area contributed by atoms with Crippen LogP contribution in [0.5, 0.6) is 0 Å². The molecule has 0 saturated carbocycles. The van der Waals surface area contributed by atoms with Crippen LogP contribution < -0.4 is 0 Å². The molecule has 0 radical (unpaired) electrons. The van der Waals surface area contributed by atoms with E-state index < -0.39 is 0 Å². The molecule has 22 heavy (non-hydrogen) atoms. The fraction of sp³-hybridized carbons (Fsp3) is 0.167. The van der Waals surface area contributed by atoms with E-state index in [1.165, 1.54) is 0 Å². The Morgan fingerprint density at radius 2 is 1.86 bits per heavy atom. The molecule has 2 nitrogen and oxygen atoms in total. The van der Waals surface area contributed by atoms with Crippen LogP contribution in [0.15, 0.2) is 65.2 Å². The van der Waals surface area contributed by atoms with Crippen LogP contribution in [0.3, 0.4) is 0 Å². The molecule has 114 valence electrons. The average Bonchev–Trinajstić information content (AvgIpc) is 2.47. The molecule has 0 saturated heterocycles. The summed E-state index contributed by atoms with van der Waals surface area (Å²) in [6, 6.07) is 14.9. The Kier molecular flexibility index (Phi) is 5.43. The molecule has 2 aromatic carbocycles. The van der Waals surface area contributed by atoms with Gasteiger partial charge in [-0.2, -0.15) is 0 Å². The zero-order chi connectivity index (χ0) is 16.3. The van der Waals surface area contributed by atoms with Gasteiger partial charge in [0.05, 0.1) is 11.6 Å². The van der Waals surface area contributed by atoms with Crippen LogP contribution in [0, 0.1) is 0 Å². The molecular formula is C18H17BrClNO. The van der Waals surface area contributed by atoms with Gasteiger partial charge in [-0.05, 0) is 46.6 Å². The standard InChI is InChI=1S/C18H17BrClNO/c1-12(2)17(13-7-5-4-6-8-13)21(3)18(22)15-10-9-14(20)11-16(15)19/h4-11,17H,1H2,2-3H3/t17-/m0/s1. The van der Waals surface area contributed by atoms with Crippen LogP contribution in [0.25, 0.3) is 0 Å². The molecule has 0 fully saturated rings. The summed E-state index contributed by atoms with van der Waals surface area (Å²) in [7, 11) is 1.79. The second kappa shape index (κ2) is 7.12. The van der Waals surface area contributed by atoms with Gasteiger partial charge >= 0.3 is 0 Å². The SMILES string of the molecule is C=C(C)[C@@H](c1ccccc1)N(C)C(=O)c1ccc(Cl)cc1Br. The fourth-order valence-corrected chi connectivity index (χ4v) is 3.30. The summed E-state index contributed by atoms with van der Waals surface area (Å²) in [6.07, 6.45) is 0. The number of halogens is 2. The summed E-state index contributed by atoms with van der Waals surface area (Å²) in [5, 5.41) is 0.589. The quantitative estimate of drug-likeness (QED) is 0.644. The lowest BCUT2D eigenvalue weighted by molar-refractivity contribution is 0.0752. The van der Waals surface area contributed by atoms with Crippen LogP contribution in [-0.2, 0) is 0 Å². The highest BCUT2D eigenvalue weighted by Gasteiger charge is 2.24. The summed E-state index contributed by atoms with van der Waals surface area (Å²) >= 11 is 9.35. The van der Waals surface area contributed by atoms with Gasteiger partial charge in [-0.1, -0.05) is 54.1 Å². The third-order valence-corrected chi connectivity index (χ3v) is 4.34. The third-order valence-electron chi connectivity index (χ3n) is 3.45. The largest absolute Gasteiger partial charge is 0.331 e. The minimum atomic E-state index is -0.170. The van der Waals surface area contributed by atoms with Gasteiger partial charge in [-0.25, -0.2) is 0 Å². The van der Waals surface area contributed by atoms with Crippen LogP contribution in [0.1, 0.15) is 28.9 Å². The van der Waals surface area contributed by atoms with E-state index in [1.54, 1.807) is 30.1 Å².